The van der Waals surface area contributed by atoms with E-state index in [1.54, 1.807) is 60.0 Å². The number of hydrogen-bond donors (Lipinski definition) is 1. The first-order valence-corrected chi connectivity index (χ1v) is 12.0. The molecular formula is C26H19Cl2FN2O3S. The Balaban J connectivity index is 1.39. The molecule has 0 aliphatic rings. The van der Waals surface area contributed by atoms with Gasteiger partial charge >= 0.3 is 0 Å². The van der Waals surface area contributed by atoms with Crippen molar-refractivity contribution in [1.82, 2.24) is 4.98 Å². The second-order valence-electron chi connectivity index (χ2n) is 7.27. The average molecular weight is 529 g/mol. The molecule has 5 nitrogen and oxygen atoms in total. The second kappa shape index (κ2) is 11.4. The van der Waals surface area contributed by atoms with E-state index in [0.29, 0.717) is 37.9 Å². The lowest BCUT2D eigenvalue weighted by molar-refractivity contribution is -0.111. The van der Waals surface area contributed by atoms with E-state index < -0.39 is 0 Å². The van der Waals surface area contributed by atoms with Crippen LogP contribution in [0.1, 0.15) is 11.1 Å². The normalized spacial score (nSPS) is 11.0. The van der Waals surface area contributed by atoms with Gasteiger partial charge in [0.05, 0.1) is 12.8 Å². The third-order valence-electron chi connectivity index (χ3n) is 4.92. The van der Waals surface area contributed by atoms with Gasteiger partial charge in [-0.25, -0.2) is 9.37 Å². The number of aromatic nitrogens is 1. The van der Waals surface area contributed by atoms with Crippen molar-refractivity contribution in [3.8, 4) is 22.8 Å². The van der Waals surface area contributed by atoms with E-state index in [-0.39, 0.29) is 18.3 Å². The van der Waals surface area contributed by atoms with E-state index in [4.69, 9.17) is 32.7 Å². The lowest BCUT2D eigenvalue weighted by Crippen LogP contribution is -2.07. The first-order valence-electron chi connectivity index (χ1n) is 10.4. The zero-order valence-electron chi connectivity index (χ0n) is 18.4. The average Bonchev–Trinajstić information content (AvgIpc) is 3.31. The van der Waals surface area contributed by atoms with Gasteiger partial charge in [0.1, 0.15) is 12.4 Å². The Morgan fingerprint density at radius 1 is 1.09 bits per heavy atom. The third kappa shape index (κ3) is 6.39. The standard InChI is InChI=1S/C26H19Cl2FN2O3S/c1-33-24-13-16(5-11-23(24)34-14-19-20(27)3-2-4-21(19)28)6-12-25(32)31-26-30-22(15-35-26)17-7-9-18(29)10-8-17/h2-13,15H,14H2,1H3,(H,30,31,32). The number of anilines is 1. The predicted octanol–water partition coefficient (Wildman–Crippen LogP) is 7.50. The van der Waals surface area contributed by atoms with E-state index >= 15 is 0 Å². The zero-order chi connectivity index (χ0) is 24.8. The van der Waals surface area contributed by atoms with E-state index in [2.05, 4.69) is 10.3 Å². The fourth-order valence-electron chi connectivity index (χ4n) is 3.13. The summed E-state index contributed by atoms with van der Waals surface area (Å²) in [4.78, 5) is 16.7. The molecule has 1 heterocycles. The van der Waals surface area contributed by atoms with Crippen LogP contribution in [0.2, 0.25) is 10.0 Å². The molecule has 0 atom stereocenters. The van der Waals surface area contributed by atoms with Gasteiger partial charge in [-0.2, -0.15) is 0 Å². The molecule has 1 amide bonds. The van der Waals surface area contributed by atoms with Gasteiger partial charge in [-0.15, -0.1) is 11.3 Å². The smallest absolute Gasteiger partial charge is 0.250 e. The van der Waals surface area contributed by atoms with Gasteiger partial charge in [0.15, 0.2) is 16.6 Å². The number of hydrogen-bond acceptors (Lipinski definition) is 5. The van der Waals surface area contributed by atoms with Crippen LogP contribution < -0.4 is 14.8 Å². The Labute approximate surface area is 215 Å². The number of nitrogens with zero attached hydrogens (tertiary/aromatic N) is 1. The first kappa shape index (κ1) is 24.7. The highest BCUT2D eigenvalue weighted by molar-refractivity contribution is 7.14. The Bertz CT molecular complexity index is 1350. The highest BCUT2D eigenvalue weighted by Crippen LogP contribution is 2.32. The molecular weight excluding hydrogens is 510 g/mol. The number of carbonyl (C=O) groups excluding carboxylic acids is 1. The highest BCUT2D eigenvalue weighted by Gasteiger charge is 2.10. The molecule has 0 bridgehead atoms. The minimum Gasteiger partial charge on any atom is -0.493 e. The molecule has 0 aliphatic carbocycles. The molecule has 0 fully saturated rings. The SMILES string of the molecule is COc1cc(C=CC(=O)Nc2nc(-c3ccc(F)cc3)cs2)ccc1OCc1c(Cl)cccc1Cl. The number of thiazole rings is 1. The molecule has 0 saturated heterocycles. The van der Waals surface area contributed by atoms with Crippen LogP contribution in [0.25, 0.3) is 17.3 Å². The maximum absolute atomic E-state index is 13.1. The van der Waals surface area contributed by atoms with Crippen molar-refractivity contribution in [3.63, 3.8) is 0 Å². The molecule has 0 unspecified atom stereocenters. The zero-order valence-corrected chi connectivity index (χ0v) is 20.8. The first-order chi connectivity index (χ1) is 16.9. The number of methoxy groups -OCH3 is 1. The van der Waals surface area contributed by atoms with Gasteiger partial charge in [0, 0.05) is 32.6 Å². The Morgan fingerprint density at radius 2 is 1.83 bits per heavy atom. The van der Waals surface area contributed by atoms with E-state index in [1.807, 2.05) is 0 Å². The van der Waals surface area contributed by atoms with E-state index in [9.17, 15) is 9.18 Å². The summed E-state index contributed by atoms with van der Waals surface area (Å²) >= 11 is 13.7. The van der Waals surface area contributed by atoms with E-state index in [0.717, 1.165) is 11.1 Å². The van der Waals surface area contributed by atoms with Crippen molar-refractivity contribution in [2.75, 3.05) is 12.4 Å². The quantitative estimate of drug-likeness (QED) is 0.240. The number of benzene rings is 3. The van der Waals surface area contributed by atoms with Crippen molar-refractivity contribution in [2.45, 2.75) is 6.61 Å². The van der Waals surface area contributed by atoms with Crippen molar-refractivity contribution in [3.05, 3.63) is 99.1 Å². The summed E-state index contributed by atoms with van der Waals surface area (Å²) in [7, 11) is 1.53. The molecule has 1 aromatic heterocycles. The monoisotopic (exact) mass is 528 g/mol. The maximum atomic E-state index is 13.1. The van der Waals surface area contributed by atoms with Crippen LogP contribution in [-0.2, 0) is 11.4 Å². The molecule has 4 aromatic rings. The van der Waals surface area contributed by atoms with Crippen LogP contribution in [0, 0.1) is 5.82 Å². The van der Waals surface area contributed by atoms with Gasteiger partial charge in [0.25, 0.3) is 0 Å². The fraction of sp³-hybridized carbons (Fsp3) is 0.0769. The summed E-state index contributed by atoms with van der Waals surface area (Å²) in [5, 5.41) is 6.01. The van der Waals surface area contributed by atoms with Crippen molar-refractivity contribution in [1.29, 1.82) is 0 Å². The Hall–Kier alpha value is -3.39. The largest absolute Gasteiger partial charge is 0.493 e. The number of amides is 1. The summed E-state index contributed by atoms with van der Waals surface area (Å²) in [5.74, 6) is 0.363. The predicted molar refractivity (Wildman–Crippen MR) is 139 cm³/mol. The number of halogens is 3. The van der Waals surface area contributed by atoms with Gasteiger partial charge in [-0.1, -0.05) is 35.3 Å². The van der Waals surface area contributed by atoms with Crippen molar-refractivity contribution >= 4 is 51.7 Å². The summed E-state index contributed by atoms with van der Waals surface area (Å²) in [6, 6.07) is 16.6. The van der Waals surface area contributed by atoms with Crippen LogP contribution in [0.3, 0.4) is 0 Å². The lowest BCUT2D eigenvalue weighted by Gasteiger charge is -2.13. The third-order valence-corrected chi connectivity index (χ3v) is 6.39. The van der Waals surface area contributed by atoms with Crippen molar-refractivity contribution < 1.29 is 18.7 Å². The highest BCUT2D eigenvalue weighted by atomic mass is 35.5. The summed E-state index contributed by atoms with van der Waals surface area (Å²) in [5.41, 5.74) is 2.85. The molecule has 0 radical (unpaired) electrons. The Morgan fingerprint density at radius 3 is 2.54 bits per heavy atom. The van der Waals surface area contributed by atoms with Crippen molar-refractivity contribution in [2.24, 2.45) is 0 Å². The molecule has 9 heteroatoms. The minimum atomic E-state index is -0.335. The molecule has 178 valence electrons. The Kier molecular flexibility index (Phi) is 8.02. The van der Waals surface area contributed by atoms with Crippen LogP contribution in [-0.4, -0.2) is 18.0 Å². The molecule has 3 aromatic carbocycles. The molecule has 0 spiro atoms. The number of ether oxygens (including phenoxy) is 2. The van der Waals surface area contributed by atoms with Gasteiger partial charge < -0.3 is 9.47 Å². The topological polar surface area (TPSA) is 60.5 Å². The second-order valence-corrected chi connectivity index (χ2v) is 8.94. The van der Waals surface area contributed by atoms with Crippen LogP contribution >= 0.6 is 34.5 Å². The van der Waals surface area contributed by atoms with Gasteiger partial charge in [-0.3, -0.25) is 10.1 Å². The fourth-order valence-corrected chi connectivity index (χ4v) is 4.36. The molecule has 0 saturated carbocycles. The maximum Gasteiger partial charge on any atom is 0.250 e. The van der Waals surface area contributed by atoms with Crippen LogP contribution in [0.15, 0.2) is 72.1 Å². The molecule has 0 aliphatic heterocycles. The number of rotatable bonds is 8. The number of nitrogens with one attached hydrogen (secondary N) is 1. The summed E-state index contributed by atoms with van der Waals surface area (Å²) in [6.45, 7) is 0.181. The molecule has 4 rings (SSSR count). The van der Waals surface area contributed by atoms with Crippen LogP contribution in [0.4, 0.5) is 9.52 Å². The number of carbonyl (C=O) groups is 1. The molecule has 1 N–H and O–H groups in total. The molecule has 35 heavy (non-hydrogen) atoms. The summed E-state index contributed by atoms with van der Waals surface area (Å²) < 4.78 is 24.4. The lowest BCUT2D eigenvalue weighted by atomic mass is 10.2. The van der Waals surface area contributed by atoms with Gasteiger partial charge in [-0.05, 0) is 60.2 Å². The summed E-state index contributed by atoms with van der Waals surface area (Å²) in [6.07, 6.45) is 3.05. The minimum absolute atomic E-state index is 0.181. The van der Waals surface area contributed by atoms with Crippen LogP contribution in [0.5, 0.6) is 11.5 Å². The van der Waals surface area contributed by atoms with E-state index in [1.165, 1.54) is 36.7 Å². The van der Waals surface area contributed by atoms with Gasteiger partial charge in [0.2, 0.25) is 5.91 Å².